The van der Waals surface area contributed by atoms with Crippen molar-refractivity contribution in [2.75, 3.05) is 19.0 Å². The summed E-state index contributed by atoms with van der Waals surface area (Å²) in [4.78, 5) is 16.3. The third-order valence-electron chi connectivity index (χ3n) is 3.62. The van der Waals surface area contributed by atoms with E-state index in [1.807, 2.05) is 13.8 Å². The lowest BCUT2D eigenvalue weighted by Gasteiger charge is -2.29. The Balaban J connectivity index is 2.17. The molecule has 0 radical (unpaired) electrons. The molecule has 2 heterocycles. The molecule has 2 N–H and O–H groups in total. The minimum atomic E-state index is -0.308. The lowest BCUT2D eigenvalue weighted by Crippen LogP contribution is -2.50. The molecule has 5 heteroatoms. The number of pyridine rings is 1. The van der Waals surface area contributed by atoms with E-state index in [1.165, 1.54) is 0 Å². The zero-order valence-electron chi connectivity index (χ0n) is 11.0. The molecule has 2 unspecified atom stereocenters. The van der Waals surface area contributed by atoms with Crippen LogP contribution >= 0.6 is 0 Å². The van der Waals surface area contributed by atoms with Gasteiger partial charge in [-0.1, -0.05) is 0 Å². The summed E-state index contributed by atoms with van der Waals surface area (Å²) in [5, 5.41) is 6.05. The van der Waals surface area contributed by atoms with Crippen molar-refractivity contribution in [3.8, 4) is 0 Å². The number of nitrogens with zero attached hydrogens (tertiary/aromatic N) is 1. The molecule has 2 rings (SSSR count). The molecule has 1 amide bonds. The Morgan fingerprint density at radius 2 is 2.39 bits per heavy atom. The molecule has 1 saturated heterocycles. The fourth-order valence-corrected chi connectivity index (χ4v) is 2.12. The predicted molar refractivity (Wildman–Crippen MR) is 69.7 cm³/mol. The highest BCUT2D eigenvalue weighted by Gasteiger charge is 2.38. The lowest BCUT2D eigenvalue weighted by atomic mass is 9.94. The summed E-state index contributed by atoms with van der Waals surface area (Å²) < 4.78 is 5.52. The Kier molecular flexibility index (Phi) is 3.52. The monoisotopic (exact) mass is 249 g/mol. The first-order valence-corrected chi connectivity index (χ1v) is 6.13. The normalized spacial score (nSPS) is 26.9. The van der Waals surface area contributed by atoms with E-state index in [2.05, 4.69) is 15.6 Å². The minimum absolute atomic E-state index is 0.0242. The Hall–Kier alpha value is -1.62. The maximum atomic E-state index is 12.3. The molecule has 18 heavy (non-hydrogen) atoms. The Morgan fingerprint density at radius 1 is 1.61 bits per heavy atom. The van der Waals surface area contributed by atoms with Crippen LogP contribution in [0.4, 0.5) is 5.69 Å². The molecule has 0 bridgehead atoms. The highest BCUT2D eigenvalue weighted by molar-refractivity contribution is 5.99. The largest absolute Gasteiger partial charge is 0.387 e. The lowest BCUT2D eigenvalue weighted by molar-refractivity contribution is 0.0727. The molecule has 1 aliphatic heterocycles. The van der Waals surface area contributed by atoms with Crippen LogP contribution in [0.25, 0.3) is 0 Å². The van der Waals surface area contributed by atoms with Crippen molar-refractivity contribution < 1.29 is 9.53 Å². The summed E-state index contributed by atoms with van der Waals surface area (Å²) in [6.07, 6.45) is 4.09. The molecule has 1 aromatic heterocycles. The molecule has 0 aliphatic carbocycles. The number of hydrogen-bond donors (Lipinski definition) is 2. The van der Waals surface area contributed by atoms with E-state index in [-0.39, 0.29) is 17.6 Å². The molecule has 0 spiro atoms. The van der Waals surface area contributed by atoms with Crippen molar-refractivity contribution in [1.82, 2.24) is 10.3 Å². The summed E-state index contributed by atoms with van der Waals surface area (Å²) in [7, 11) is 1.79. The van der Waals surface area contributed by atoms with Gasteiger partial charge in [0.15, 0.2) is 0 Å². The van der Waals surface area contributed by atoms with Crippen molar-refractivity contribution in [2.45, 2.75) is 31.9 Å². The Labute approximate surface area is 107 Å². The second kappa shape index (κ2) is 4.94. The maximum Gasteiger partial charge on any atom is 0.255 e. The van der Waals surface area contributed by atoms with Crippen molar-refractivity contribution in [3.63, 3.8) is 0 Å². The average molecular weight is 249 g/mol. The van der Waals surface area contributed by atoms with Gasteiger partial charge in [0.2, 0.25) is 0 Å². The maximum absolute atomic E-state index is 12.3. The van der Waals surface area contributed by atoms with Crippen LogP contribution in [0.1, 0.15) is 30.6 Å². The number of ether oxygens (including phenoxy) is 1. The highest BCUT2D eigenvalue weighted by atomic mass is 16.5. The highest BCUT2D eigenvalue weighted by Crippen LogP contribution is 2.26. The van der Waals surface area contributed by atoms with E-state index >= 15 is 0 Å². The van der Waals surface area contributed by atoms with Crippen LogP contribution in [-0.2, 0) is 4.74 Å². The van der Waals surface area contributed by atoms with Gasteiger partial charge in [0.1, 0.15) is 0 Å². The van der Waals surface area contributed by atoms with Crippen molar-refractivity contribution in [1.29, 1.82) is 0 Å². The molecular weight excluding hydrogens is 230 g/mol. The van der Waals surface area contributed by atoms with E-state index in [9.17, 15) is 4.79 Å². The van der Waals surface area contributed by atoms with Crippen LogP contribution in [0.5, 0.6) is 0 Å². The second-order valence-electron chi connectivity index (χ2n) is 4.81. The van der Waals surface area contributed by atoms with Gasteiger partial charge >= 0.3 is 0 Å². The Morgan fingerprint density at radius 3 is 3.00 bits per heavy atom. The third-order valence-corrected chi connectivity index (χ3v) is 3.62. The average Bonchev–Trinajstić information content (AvgIpc) is 2.69. The Bertz CT molecular complexity index is 450. The van der Waals surface area contributed by atoms with E-state index in [0.717, 1.165) is 12.1 Å². The molecule has 1 aliphatic rings. The van der Waals surface area contributed by atoms with Crippen molar-refractivity contribution >= 4 is 11.6 Å². The van der Waals surface area contributed by atoms with Crippen molar-refractivity contribution in [2.24, 2.45) is 0 Å². The number of anilines is 1. The molecule has 1 aromatic rings. The molecule has 2 atom stereocenters. The third kappa shape index (κ3) is 2.31. The quantitative estimate of drug-likeness (QED) is 0.850. The van der Waals surface area contributed by atoms with Gasteiger partial charge < -0.3 is 15.4 Å². The van der Waals surface area contributed by atoms with E-state index < -0.39 is 0 Å². The first kappa shape index (κ1) is 12.8. The summed E-state index contributed by atoms with van der Waals surface area (Å²) in [5.74, 6) is -0.118. The predicted octanol–water partition coefficient (Wildman–Crippen LogP) is 1.42. The zero-order valence-corrected chi connectivity index (χ0v) is 11.0. The van der Waals surface area contributed by atoms with Crippen LogP contribution < -0.4 is 10.6 Å². The molecular formula is C13H19N3O2. The topological polar surface area (TPSA) is 63.2 Å². The van der Waals surface area contributed by atoms with Gasteiger partial charge in [-0.15, -0.1) is 0 Å². The molecule has 5 nitrogen and oxygen atoms in total. The number of amides is 1. The summed E-state index contributed by atoms with van der Waals surface area (Å²) in [6, 6.07) is 1.78. The standard InChI is InChI=1S/C13H19N3O2/c1-9-13(2,5-7-18-9)16-12(17)10-8-15-6-4-11(10)14-3/h4,6,8-9H,5,7H2,1-3H3,(H,14,15)(H,16,17). The number of hydrogen-bond acceptors (Lipinski definition) is 4. The van der Waals surface area contributed by atoms with E-state index in [0.29, 0.717) is 12.2 Å². The van der Waals surface area contributed by atoms with Gasteiger partial charge in [-0.25, -0.2) is 0 Å². The number of aromatic nitrogens is 1. The van der Waals surface area contributed by atoms with Gasteiger partial charge in [-0.05, 0) is 26.3 Å². The fourth-order valence-electron chi connectivity index (χ4n) is 2.12. The number of carbonyl (C=O) groups excluding carboxylic acids is 1. The van der Waals surface area contributed by atoms with Gasteiger partial charge in [-0.3, -0.25) is 9.78 Å². The number of carbonyl (C=O) groups is 1. The summed E-state index contributed by atoms with van der Waals surface area (Å²) in [5.41, 5.74) is 1.02. The van der Waals surface area contributed by atoms with Gasteiger partial charge in [0, 0.05) is 31.7 Å². The first-order valence-electron chi connectivity index (χ1n) is 6.13. The van der Waals surface area contributed by atoms with Crippen LogP contribution in [0.2, 0.25) is 0 Å². The van der Waals surface area contributed by atoms with Gasteiger partial charge in [-0.2, -0.15) is 0 Å². The molecule has 0 saturated carbocycles. The van der Waals surface area contributed by atoms with E-state index in [1.54, 1.807) is 25.5 Å². The van der Waals surface area contributed by atoms with Crippen LogP contribution in [0.3, 0.4) is 0 Å². The number of nitrogens with one attached hydrogen (secondary N) is 2. The summed E-state index contributed by atoms with van der Waals surface area (Å²) >= 11 is 0. The van der Waals surface area contributed by atoms with Crippen molar-refractivity contribution in [3.05, 3.63) is 24.0 Å². The molecule has 98 valence electrons. The molecule has 0 aromatic carbocycles. The number of rotatable bonds is 3. The SMILES string of the molecule is CNc1ccncc1C(=O)NC1(C)CCOC1C. The zero-order chi connectivity index (χ0) is 13.2. The fraction of sp³-hybridized carbons (Fsp3) is 0.538. The first-order chi connectivity index (χ1) is 8.57. The second-order valence-corrected chi connectivity index (χ2v) is 4.81. The van der Waals surface area contributed by atoms with Crippen LogP contribution in [0, 0.1) is 0 Å². The van der Waals surface area contributed by atoms with E-state index in [4.69, 9.17) is 4.74 Å². The van der Waals surface area contributed by atoms with Gasteiger partial charge in [0.05, 0.1) is 17.2 Å². The smallest absolute Gasteiger partial charge is 0.255 e. The van der Waals surface area contributed by atoms with Crippen LogP contribution in [0.15, 0.2) is 18.5 Å². The minimum Gasteiger partial charge on any atom is -0.387 e. The summed E-state index contributed by atoms with van der Waals surface area (Å²) in [6.45, 7) is 4.68. The van der Waals surface area contributed by atoms with Gasteiger partial charge in [0.25, 0.3) is 5.91 Å². The van der Waals surface area contributed by atoms with Crippen LogP contribution in [-0.4, -0.2) is 36.2 Å². The molecule has 1 fully saturated rings.